The second-order valence-corrected chi connectivity index (χ2v) is 5.37. The molecule has 0 aromatic carbocycles. The van der Waals surface area contributed by atoms with E-state index in [1.54, 1.807) is 7.05 Å². The lowest BCUT2D eigenvalue weighted by Crippen LogP contribution is -2.60. The van der Waals surface area contributed by atoms with Crippen LogP contribution in [-0.2, 0) is 27.9 Å². The molecule has 0 bridgehead atoms. The number of aromatic nitrogens is 3. The number of carbonyl (C=O) groups is 2. The highest BCUT2D eigenvalue weighted by molar-refractivity contribution is 5.92. The molecule has 9 heteroatoms. The molecule has 0 radical (unpaired) electrons. The Balaban J connectivity index is 2.25. The van der Waals surface area contributed by atoms with E-state index >= 15 is 0 Å². The number of hydrogen-bond acceptors (Lipinski definition) is 5. The van der Waals surface area contributed by atoms with Crippen LogP contribution in [0.15, 0.2) is 11.1 Å². The van der Waals surface area contributed by atoms with Crippen LogP contribution in [0.25, 0.3) is 0 Å². The molecule has 2 heterocycles. The van der Waals surface area contributed by atoms with Crippen LogP contribution in [0.4, 0.5) is 0 Å². The van der Waals surface area contributed by atoms with Gasteiger partial charge in [0.1, 0.15) is 18.4 Å². The van der Waals surface area contributed by atoms with Gasteiger partial charge < -0.3 is 15.0 Å². The molecule has 1 unspecified atom stereocenters. The van der Waals surface area contributed by atoms with Gasteiger partial charge >= 0.3 is 5.69 Å². The van der Waals surface area contributed by atoms with Crippen LogP contribution in [0.1, 0.15) is 12.8 Å². The van der Waals surface area contributed by atoms with Gasteiger partial charge in [-0.05, 0) is 12.8 Å². The van der Waals surface area contributed by atoms with Crippen molar-refractivity contribution in [1.29, 1.82) is 0 Å². The zero-order valence-electron chi connectivity index (χ0n) is 13.0. The Morgan fingerprint density at radius 3 is 2.77 bits per heavy atom. The molecule has 1 aliphatic rings. The van der Waals surface area contributed by atoms with Gasteiger partial charge in [0.15, 0.2) is 0 Å². The molecule has 1 aliphatic heterocycles. The lowest BCUT2D eigenvalue weighted by Gasteiger charge is -2.36. The van der Waals surface area contributed by atoms with Crippen LogP contribution in [0.5, 0.6) is 0 Å². The molecule has 1 aromatic rings. The second-order valence-electron chi connectivity index (χ2n) is 5.37. The summed E-state index contributed by atoms with van der Waals surface area (Å²) in [6.07, 6.45) is 2.59. The predicted octanol–water partition coefficient (Wildman–Crippen LogP) is -1.66. The second kappa shape index (κ2) is 6.30. The Morgan fingerprint density at radius 1 is 1.50 bits per heavy atom. The van der Waals surface area contributed by atoms with Crippen molar-refractivity contribution in [2.24, 2.45) is 7.05 Å². The van der Waals surface area contributed by atoms with Crippen molar-refractivity contribution in [3.8, 4) is 0 Å². The fraction of sp³-hybridized carbons (Fsp3) is 0.692. The third kappa shape index (κ3) is 2.63. The fourth-order valence-corrected chi connectivity index (χ4v) is 2.91. The highest BCUT2D eigenvalue weighted by atomic mass is 16.5. The normalized spacial score (nSPS) is 21.1. The Bertz CT molecular complexity index is 622. The number of likely N-dealkylation sites (N-methyl/N-ethyl adjacent to an activating group) is 1. The maximum atomic E-state index is 12.6. The van der Waals surface area contributed by atoms with Gasteiger partial charge in [-0.15, -0.1) is 0 Å². The van der Waals surface area contributed by atoms with E-state index in [0.29, 0.717) is 19.4 Å². The van der Waals surface area contributed by atoms with E-state index in [1.807, 2.05) is 0 Å². The van der Waals surface area contributed by atoms with Crippen molar-refractivity contribution in [3.63, 3.8) is 0 Å². The van der Waals surface area contributed by atoms with Gasteiger partial charge in [0.05, 0.1) is 6.61 Å². The van der Waals surface area contributed by atoms with E-state index in [2.05, 4.69) is 10.4 Å². The number of ether oxygens (including phenoxy) is 1. The summed E-state index contributed by atoms with van der Waals surface area (Å²) in [5.41, 5.74) is -1.39. The first-order valence-corrected chi connectivity index (χ1v) is 7.06. The molecule has 2 amide bonds. The highest BCUT2D eigenvalue weighted by Crippen LogP contribution is 2.30. The predicted molar refractivity (Wildman–Crippen MR) is 77.1 cm³/mol. The number of carbonyl (C=O) groups excluding carboxylic acids is 2. The first-order chi connectivity index (χ1) is 10.5. The van der Waals surface area contributed by atoms with E-state index in [1.165, 1.54) is 30.0 Å². The zero-order chi connectivity index (χ0) is 16.3. The molecule has 122 valence electrons. The highest BCUT2D eigenvalue weighted by Gasteiger charge is 2.49. The smallest absolute Gasteiger partial charge is 0.345 e. The van der Waals surface area contributed by atoms with E-state index in [4.69, 9.17) is 4.74 Å². The minimum atomic E-state index is -1.01. The van der Waals surface area contributed by atoms with Crippen LogP contribution < -0.4 is 11.0 Å². The summed E-state index contributed by atoms with van der Waals surface area (Å²) in [5.74, 6) is -0.576. The van der Waals surface area contributed by atoms with E-state index in [-0.39, 0.29) is 30.7 Å². The van der Waals surface area contributed by atoms with E-state index in [0.717, 1.165) is 4.68 Å². The summed E-state index contributed by atoms with van der Waals surface area (Å²) in [6, 6.07) is 0. The molecule has 0 aliphatic carbocycles. The van der Waals surface area contributed by atoms with Crippen molar-refractivity contribution in [1.82, 2.24) is 24.6 Å². The Labute approximate surface area is 127 Å². The third-order valence-electron chi connectivity index (χ3n) is 3.99. The van der Waals surface area contributed by atoms with Crippen LogP contribution >= 0.6 is 0 Å². The molecule has 1 saturated heterocycles. The van der Waals surface area contributed by atoms with Crippen LogP contribution in [0.2, 0.25) is 0 Å². The minimum Gasteiger partial charge on any atom is -0.382 e. The van der Waals surface area contributed by atoms with Gasteiger partial charge in [0, 0.05) is 27.7 Å². The minimum absolute atomic E-state index is 0.121. The Morgan fingerprint density at radius 2 is 2.23 bits per heavy atom. The average molecular weight is 311 g/mol. The standard InChI is InChI=1S/C13H21N5O4/c1-14-11(20)13(8-22-3)5-4-6-17(13)10(19)7-18-12(21)16(2)9-15-18/h9H,4-8H2,1-3H3,(H,14,20). The third-order valence-corrected chi connectivity index (χ3v) is 3.99. The number of nitrogens with zero attached hydrogens (tertiary/aromatic N) is 4. The molecule has 9 nitrogen and oxygen atoms in total. The lowest BCUT2D eigenvalue weighted by atomic mass is 9.95. The topological polar surface area (TPSA) is 98.5 Å². The first-order valence-electron chi connectivity index (χ1n) is 7.06. The Hall–Kier alpha value is -2.16. The quantitative estimate of drug-likeness (QED) is 0.701. The monoisotopic (exact) mass is 311 g/mol. The summed E-state index contributed by atoms with van der Waals surface area (Å²) < 4.78 is 7.54. The average Bonchev–Trinajstić information content (AvgIpc) is 3.06. The van der Waals surface area contributed by atoms with Gasteiger partial charge in [0.25, 0.3) is 0 Å². The SMILES string of the molecule is CNC(=O)C1(COC)CCCN1C(=O)Cn1ncn(C)c1=O. The molecule has 22 heavy (non-hydrogen) atoms. The van der Waals surface area contributed by atoms with E-state index < -0.39 is 5.54 Å². The van der Waals surface area contributed by atoms with Crippen molar-refractivity contribution in [2.75, 3.05) is 27.3 Å². The van der Waals surface area contributed by atoms with Crippen LogP contribution in [0.3, 0.4) is 0 Å². The van der Waals surface area contributed by atoms with Gasteiger partial charge in [-0.1, -0.05) is 0 Å². The number of aryl methyl sites for hydroxylation is 1. The summed E-state index contributed by atoms with van der Waals surface area (Å²) in [4.78, 5) is 38.1. The number of likely N-dealkylation sites (tertiary alicyclic amines) is 1. The van der Waals surface area contributed by atoms with Gasteiger partial charge in [-0.25, -0.2) is 9.48 Å². The summed E-state index contributed by atoms with van der Waals surface area (Å²) in [5, 5.41) is 6.47. The van der Waals surface area contributed by atoms with Crippen molar-refractivity contribution >= 4 is 11.8 Å². The zero-order valence-corrected chi connectivity index (χ0v) is 13.0. The number of hydrogen-bond donors (Lipinski definition) is 1. The maximum Gasteiger partial charge on any atom is 0.345 e. The molecule has 1 aromatic heterocycles. The van der Waals surface area contributed by atoms with Crippen LogP contribution in [-0.4, -0.2) is 63.9 Å². The van der Waals surface area contributed by atoms with Crippen molar-refractivity contribution in [3.05, 3.63) is 16.8 Å². The molecule has 1 N–H and O–H groups in total. The molecule has 2 rings (SSSR count). The number of amides is 2. The fourth-order valence-electron chi connectivity index (χ4n) is 2.91. The molecular weight excluding hydrogens is 290 g/mol. The largest absolute Gasteiger partial charge is 0.382 e. The van der Waals surface area contributed by atoms with Crippen LogP contribution in [0, 0.1) is 0 Å². The molecule has 1 atom stereocenters. The van der Waals surface area contributed by atoms with Gasteiger partial charge in [0.2, 0.25) is 11.8 Å². The molecule has 0 spiro atoms. The van der Waals surface area contributed by atoms with Gasteiger partial charge in [-0.2, -0.15) is 5.10 Å². The lowest BCUT2D eigenvalue weighted by molar-refractivity contribution is -0.148. The van der Waals surface area contributed by atoms with E-state index in [9.17, 15) is 14.4 Å². The maximum absolute atomic E-state index is 12.6. The van der Waals surface area contributed by atoms with Crippen molar-refractivity contribution < 1.29 is 14.3 Å². The number of methoxy groups -OCH3 is 1. The molecule has 0 saturated carbocycles. The molecular formula is C13H21N5O4. The molecule has 1 fully saturated rings. The number of rotatable bonds is 5. The Kier molecular flexibility index (Phi) is 4.65. The summed E-state index contributed by atoms with van der Waals surface area (Å²) in [6.45, 7) is 0.384. The first kappa shape index (κ1) is 16.2. The van der Waals surface area contributed by atoms with Gasteiger partial charge in [-0.3, -0.25) is 14.2 Å². The van der Waals surface area contributed by atoms with Crippen molar-refractivity contribution in [2.45, 2.75) is 24.9 Å². The summed E-state index contributed by atoms with van der Waals surface area (Å²) >= 11 is 0. The summed E-state index contributed by atoms with van der Waals surface area (Å²) in [7, 11) is 4.59. The number of nitrogens with one attached hydrogen (secondary N) is 1.